The lowest BCUT2D eigenvalue weighted by atomic mass is 10.0. The molecule has 0 radical (unpaired) electrons. The summed E-state index contributed by atoms with van der Waals surface area (Å²) in [4.78, 5) is 0. The normalized spacial score (nSPS) is 11.8. The van der Waals surface area contributed by atoms with Crippen molar-refractivity contribution in [1.82, 2.24) is 9.13 Å². The van der Waals surface area contributed by atoms with Gasteiger partial charge in [0.1, 0.15) is 0 Å². The monoisotopic (exact) mass is 818 g/mol. The molecular weight excluding hydrogens is 777 g/mol. The van der Waals surface area contributed by atoms with Crippen molar-refractivity contribution in [2.75, 3.05) is 0 Å². The zero-order valence-corrected chi connectivity index (χ0v) is 35.6. The molecule has 63 heavy (non-hydrogen) atoms. The van der Waals surface area contributed by atoms with Gasteiger partial charge in [0.2, 0.25) is 0 Å². The lowest BCUT2D eigenvalue weighted by Gasteiger charge is -2.34. The molecule has 0 aliphatic carbocycles. The minimum atomic E-state index is -2.76. The lowest BCUT2D eigenvalue weighted by molar-refractivity contribution is 1.17. The Labute approximate surface area is 368 Å². The van der Waals surface area contributed by atoms with E-state index in [4.69, 9.17) is 0 Å². The van der Waals surface area contributed by atoms with Crippen LogP contribution in [0.3, 0.4) is 0 Å². The second-order valence-electron chi connectivity index (χ2n) is 16.5. The summed E-state index contributed by atoms with van der Waals surface area (Å²) >= 11 is 0. The van der Waals surface area contributed by atoms with Crippen LogP contribution in [0.15, 0.2) is 255 Å². The highest BCUT2D eigenvalue weighted by molar-refractivity contribution is 7.20. The van der Waals surface area contributed by atoms with Gasteiger partial charge in [-0.2, -0.15) is 0 Å². The van der Waals surface area contributed by atoms with Crippen LogP contribution in [0.5, 0.6) is 0 Å². The number of nitrogens with zero attached hydrogens (tertiary/aromatic N) is 2. The molecule has 0 atom stereocenters. The molecule has 12 rings (SSSR count). The van der Waals surface area contributed by atoms with E-state index in [1.54, 1.807) is 0 Å². The summed E-state index contributed by atoms with van der Waals surface area (Å²) in [6.07, 6.45) is 0. The third kappa shape index (κ3) is 6.00. The molecule has 0 saturated carbocycles. The number of fused-ring (bicyclic) bond motifs is 6. The fourth-order valence-electron chi connectivity index (χ4n) is 10.2. The van der Waals surface area contributed by atoms with Gasteiger partial charge in [0.15, 0.2) is 8.07 Å². The maximum absolute atomic E-state index is 2.76. The Hall–Kier alpha value is -7.98. The van der Waals surface area contributed by atoms with Gasteiger partial charge in [-0.1, -0.05) is 206 Å². The van der Waals surface area contributed by atoms with Crippen molar-refractivity contribution in [2.24, 2.45) is 0 Å². The van der Waals surface area contributed by atoms with Gasteiger partial charge in [0.25, 0.3) is 0 Å². The van der Waals surface area contributed by atoms with Crippen LogP contribution < -0.4 is 20.7 Å². The van der Waals surface area contributed by atoms with Gasteiger partial charge < -0.3 is 9.13 Å². The second kappa shape index (κ2) is 15.2. The summed E-state index contributed by atoms with van der Waals surface area (Å²) in [5, 5.41) is 10.4. The number of para-hydroxylation sites is 2. The van der Waals surface area contributed by atoms with E-state index in [0.29, 0.717) is 0 Å². The van der Waals surface area contributed by atoms with Crippen molar-refractivity contribution in [3.63, 3.8) is 0 Å². The van der Waals surface area contributed by atoms with Gasteiger partial charge in [0.05, 0.1) is 22.1 Å². The average Bonchev–Trinajstić information content (AvgIpc) is 3.88. The van der Waals surface area contributed by atoms with E-state index in [1.807, 2.05) is 0 Å². The van der Waals surface area contributed by atoms with E-state index in [1.165, 1.54) is 86.6 Å². The van der Waals surface area contributed by atoms with Crippen molar-refractivity contribution in [3.8, 4) is 33.6 Å². The Balaban J connectivity index is 1.02. The largest absolute Gasteiger partial charge is 0.309 e. The van der Waals surface area contributed by atoms with E-state index in [2.05, 4.69) is 264 Å². The molecule has 0 unspecified atom stereocenters. The van der Waals surface area contributed by atoms with Crippen molar-refractivity contribution >= 4 is 72.4 Å². The van der Waals surface area contributed by atoms with Crippen LogP contribution in [0.4, 0.5) is 0 Å². The third-order valence-corrected chi connectivity index (χ3v) is 17.9. The number of hydrogen-bond donors (Lipinski definition) is 0. The molecule has 0 spiro atoms. The second-order valence-corrected chi connectivity index (χ2v) is 20.3. The number of benzene rings is 10. The quantitative estimate of drug-likeness (QED) is 0.107. The van der Waals surface area contributed by atoms with Gasteiger partial charge in [-0.05, 0) is 91.5 Å². The Kier molecular flexibility index (Phi) is 8.87. The van der Waals surface area contributed by atoms with E-state index in [9.17, 15) is 0 Å². The molecule has 12 aromatic rings. The predicted octanol–water partition coefficient (Wildman–Crippen LogP) is 12.6. The zero-order chi connectivity index (χ0) is 41.7. The molecule has 10 aromatic carbocycles. The van der Waals surface area contributed by atoms with Gasteiger partial charge in [-0.3, -0.25) is 0 Å². The van der Waals surface area contributed by atoms with Gasteiger partial charge >= 0.3 is 0 Å². The molecule has 0 saturated heterocycles. The summed E-state index contributed by atoms with van der Waals surface area (Å²) < 4.78 is 4.91. The highest BCUT2D eigenvalue weighted by Crippen LogP contribution is 2.37. The fourth-order valence-corrected chi connectivity index (χ4v) is 15.0. The van der Waals surface area contributed by atoms with Crippen molar-refractivity contribution < 1.29 is 0 Å². The SMILES string of the molecule is c1ccc(-c2ccc(-c3ccc(-n4c5ccccc5c5cc(-n6c7ccccc7c7ccc([Si](c8ccccc8)(c8ccccc8)c8ccccc8)cc76)ccc54)cc3)cc2)cc1. The Bertz CT molecular complexity index is 3480. The lowest BCUT2D eigenvalue weighted by Crippen LogP contribution is -2.74. The summed E-state index contributed by atoms with van der Waals surface area (Å²) in [6, 6.07) is 94.2. The highest BCUT2D eigenvalue weighted by atomic mass is 28.3. The number of rotatable bonds is 8. The molecule has 0 aliphatic heterocycles. The first-order chi connectivity index (χ1) is 31.3. The highest BCUT2D eigenvalue weighted by Gasteiger charge is 2.41. The molecule has 3 heteroatoms. The molecule has 2 heterocycles. The van der Waals surface area contributed by atoms with E-state index in [-0.39, 0.29) is 0 Å². The fraction of sp³-hybridized carbons (Fsp3) is 0. The smallest absolute Gasteiger partial charge is 0.179 e. The van der Waals surface area contributed by atoms with Crippen LogP contribution in [-0.4, -0.2) is 17.2 Å². The van der Waals surface area contributed by atoms with E-state index in [0.717, 1.165) is 11.4 Å². The van der Waals surface area contributed by atoms with Crippen molar-refractivity contribution in [1.29, 1.82) is 0 Å². The Morgan fingerprint density at radius 1 is 0.222 bits per heavy atom. The van der Waals surface area contributed by atoms with Crippen LogP contribution >= 0.6 is 0 Å². The molecule has 2 nitrogen and oxygen atoms in total. The summed E-state index contributed by atoms with van der Waals surface area (Å²) in [6.45, 7) is 0. The first kappa shape index (κ1) is 36.8. The van der Waals surface area contributed by atoms with Crippen LogP contribution in [0, 0.1) is 0 Å². The molecule has 0 fully saturated rings. The topological polar surface area (TPSA) is 9.86 Å². The standard InChI is InChI=1S/C60H42N2Si/c1-5-17-43(18-6-1)44-29-31-45(32-30-44)46-33-35-47(36-34-46)61-58-28-16-14-26-54(58)56-41-48(37-40-59(56)61)62-57-27-15-13-25-53(57)55-39-38-52(42-60(55)62)63(49-19-7-2-8-20-49,50-21-9-3-10-22-50)51-23-11-4-12-24-51/h1-42H. The zero-order valence-electron chi connectivity index (χ0n) is 34.6. The van der Waals surface area contributed by atoms with Gasteiger partial charge in [-0.15, -0.1) is 0 Å². The molecule has 2 aromatic heterocycles. The minimum Gasteiger partial charge on any atom is -0.309 e. The Morgan fingerprint density at radius 2 is 0.603 bits per heavy atom. The van der Waals surface area contributed by atoms with E-state index < -0.39 is 8.07 Å². The van der Waals surface area contributed by atoms with Crippen LogP contribution in [0.1, 0.15) is 0 Å². The van der Waals surface area contributed by atoms with Crippen LogP contribution in [0.2, 0.25) is 0 Å². The summed E-state index contributed by atoms with van der Waals surface area (Å²) in [7, 11) is -2.76. The number of aromatic nitrogens is 2. The number of hydrogen-bond acceptors (Lipinski definition) is 0. The first-order valence-electron chi connectivity index (χ1n) is 21.8. The third-order valence-electron chi connectivity index (χ3n) is 13.1. The molecule has 0 aliphatic rings. The van der Waals surface area contributed by atoms with Crippen molar-refractivity contribution in [3.05, 3.63) is 255 Å². The predicted molar refractivity (Wildman–Crippen MR) is 270 cm³/mol. The van der Waals surface area contributed by atoms with Crippen LogP contribution in [-0.2, 0) is 0 Å². The maximum atomic E-state index is 2.51. The van der Waals surface area contributed by atoms with Gasteiger partial charge in [-0.25, -0.2) is 0 Å². The summed E-state index contributed by atoms with van der Waals surface area (Å²) in [5.41, 5.74) is 11.9. The van der Waals surface area contributed by atoms with Crippen LogP contribution in [0.25, 0.3) is 77.2 Å². The van der Waals surface area contributed by atoms with E-state index >= 15 is 0 Å². The maximum Gasteiger partial charge on any atom is 0.179 e. The average molecular weight is 819 g/mol. The van der Waals surface area contributed by atoms with Crippen molar-refractivity contribution in [2.45, 2.75) is 0 Å². The molecule has 296 valence electrons. The van der Waals surface area contributed by atoms with Gasteiger partial charge in [0, 0.05) is 32.9 Å². The molecular formula is C60H42N2Si. The molecule has 0 bridgehead atoms. The first-order valence-corrected chi connectivity index (χ1v) is 23.8. The summed E-state index contributed by atoms with van der Waals surface area (Å²) in [5.74, 6) is 0. The molecule has 0 N–H and O–H groups in total. The Morgan fingerprint density at radius 3 is 1.14 bits per heavy atom. The molecule has 0 amide bonds. The minimum absolute atomic E-state index is 1.14.